The third-order valence-electron chi connectivity index (χ3n) is 6.90. The fourth-order valence-electron chi connectivity index (χ4n) is 4.73. The van der Waals surface area contributed by atoms with Gasteiger partial charge in [0, 0.05) is 55.9 Å². The number of halogens is 1. The average molecular weight is 473 g/mol. The summed E-state index contributed by atoms with van der Waals surface area (Å²) in [4.78, 5) is 24.0. The van der Waals surface area contributed by atoms with Crippen LogP contribution in [-0.2, 0) is 15.9 Å². The molecule has 2 unspecified atom stereocenters. The molecule has 0 aliphatic carbocycles. The van der Waals surface area contributed by atoms with Gasteiger partial charge in [-0.05, 0) is 56.4 Å². The van der Waals surface area contributed by atoms with Crippen LogP contribution >= 0.6 is 11.6 Å². The third kappa shape index (κ3) is 5.72. The van der Waals surface area contributed by atoms with Crippen molar-refractivity contribution in [2.45, 2.75) is 57.7 Å². The molecule has 1 aromatic carbocycles. The van der Waals surface area contributed by atoms with E-state index in [0.717, 1.165) is 48.3 Å². The van der Waals surface area contributed by atoms with Gasteiger partial charge in [-0.3, -0.25) is 4.79 Å². The monoisotopic (exact) mass is 472 g/mol. The van der Waals surface area contributed by atoms with Crippen molar-refractivity contribution in [1.82, 2.24) is 20.2 Å². The van der Waals surface area contributed by atoms with Gasteiger partial charge in [0.2, 0.25) is 0 Å². The van der Waals surface area contributed by atoms with Gasteiger partial charge in [0.15, 0.2) is 0 Å². The number of carbonyl (C=O) groups is 1. The highest BCUT2D eigenvalue weighted by Crippen LogP contribution is 2.22. The van der Waals surface area contributed by atoms with Crippen LogP contribution in [0.5, 0.6) is 0 Å². The Labute approximate surface area is 200 Å². The molecule has 2 atom stereocenters. The number of hydrogen-bond acceptors (Lipinski definition) is 6. The molecule has 2 aliphatic rings. The van der Waals surface area contributed by atoms with Gasteiger partial charge in [0.1, 0.15) is 12.0 Å². The topological polar surface area (TPSA) is 76.6 Å². The Morgan fingerprint density at radius 1 is 1.24 bits per heavy atom. The number of aryl methyl sites for hydroxylation is 1. The zero-order chi connectivity index (χ0) is 23.4. The van der Waals surface area contributed by atoms with Crippen molar-refractivity contribution in [3.05, 3.63) is 57.6 Å². The SMILES string of the molecule is COC1COCCC1NC1CCN(C(=O)c2ncnc(Cc3cc(Cl)ccc3C)c2C)CC1. The normalized spacial score (nSPS) is 21.9. The van der Waals surface area contributed by atoms with Crippen molar-refractivity contribution in [3.8, 4) is 0 Å². The second kappa shape index (κ2) is 10.9. The largest absolute Gasteiger partial charge is 0.379 e. The van der Waals surface area contributed by atoms with Gasteiger partial charge in [-0.25, -0.2) is 9.97 Å². The van der Waals surface area contributed by atoms with Crippen molar-refractivity contribution in [2.24, 2.45) is 0 Å². The molecule has 3 heterocycles. The fourth-order valence-corrected chi connectivity index (χ4v) is 4.92. The van der Waals surface area contributed by atoms with E-state index in [2.05, 4.69) is 22.2 Å². The predicted molar refractivity (Wildman–Crippen MR) is 128 cm³/mol. The number of carbonyl (C=O) groups excluding carboxylic acids is 1. The van der Waals surface area contributed by atoms with Crippen LogP contribution < -0.4 is 5.32 Å². The smallest absolute Gasteiger partial charge is 0.272 e. The molecule has 0 bridgehead atoms. The van der Waals surface area contributed by atoms with E-state index >= 15 is 0 Å². The van der Waals surface area contributed by atoms with Crippen molar-refractivity contribution in [3.63, 3.8) is 0 Å². The second-order valence-electron chi connectivity index (χ2n) is 9.02. The van der Waals surface area contributed by atoms with Crippen molar-refractivity contribution in [2.75, 3.05) is 33.4 Å². The minimum Gasteiger partial charge on any atom is -0.379 e. The number of hydrogen-bond donors (Lipinski definition) is 1. The molecule has 2 aliphatic heterocycles. The summed E-state index contributed by atoms with van der Waals surface area (Å²) in [6.07, 6.45) is 4.99. The number of piperidine rings is 1. The quantitative estimate of drug-likeness (QED) is 0.694. The molecule has 0 radical (unpaired) electrons. The number of likely N-dealkylation sites (tertiary alicyclic amines) is 1. The lowest BCUT2D eigenvalue weighted by molar-refractivity contribution is -0.0533. The number of benzene rings is 1. The minimum atomic E-state index is -0.0155. The number of amides is 1. The van der Waals surface area contributed by atoms with Crippen LogP contribution in [0.4, 0.5) is 0 Å². The molecule has 2 saturated heterocycles. The van der Waals surface area contributed by atoms with Gasteiger partial charge in [-0.15, -0.1) is 0 Å². The minimum absolute atomic E-state index is 0.0155. The molecular formula is C25H33ClN4O3. The molecule has 8 heteroatoms. The maximum Gasteiger partial charge on any atom is 0.272 e. The molecule has 0 saturated carbocycles. The van der Waals surface area contributed by atoms with E-state index in [1.54, 1.807) is 7.11 Å². The van der Waals surface area contributed by atoms with E-state index in [-0.39, 0.29) is 12.0 Å². The molecule has 4 rings (SSSR count). The number of nitrogens with one attached hydrogen (secondary N) is 1. The molecule has 2 fully saturated rings. The maximum atomic E-state index is 13.3. The van der Waals surface area contributed by atoms with Crippen molar-refractivity contribution >= 4 is 17.5 Å². The third-order valence-corrected chi connectivity index (χ3v) is 7.13. The van der Waals surface area contributed by atoms with Gasteiger partial charge in [0.25, 0.3) is 5.91 Å². The highest BCUT2D eigenvalue weighted by Gasteiger charge is 2.31. The van der Waals surface area contributed by atoms with E-state index in [1.165, 1.54) is 6.33 Å². The van der Waals surface area contributed by atoms with Gasteiger partial charge in [-0.1, -0.05) is 17.7 Å². The summed E-state index contributed by atoms with van der Waals surface area (Å²) < 4.78 is 11.1. The number of aromatic nitrogens is 2. The van der Waals surface area contributed by atoms with Crippen LogP contribution in [0.15, 0.2) is 24.5 Å². The zero-order valence-corrected chi connectivity index (χ0v) is 20.4. The molecule has 178 valence electrons. The first-order chi connectivity index (χ1) is 16.0. The molecule has 0 spiro atoms. The Balaban J connectivity index is 1.39. The van der Waals surface area contributed by atoms with Crippen molar-refractivity contribution < 1.29 is 14.3 Å². The first-order valence-electron chi connectivity index (χ1n) is 11.7. The van der Waals surface area contributed by atoms with Crippen LogP contribution in [0, 0.1) is 13.8 Å². The van der Waals surface area contributed by atoms with Crippen LogP contribution in [0.2, 0.25) is 5.02 Å². The Hall–Kier alpha value is -2.06. The lowest BCUT2D eigenvalue weighted by Crippen LogP contribution is -2.54. The van der Waals surface area contributed by atoms with E-state index in [4.69, 9.17) is 21.1 Å². The Morgan fingerprint density at radius 2 is 2.03 bits per heavy atom. The first kappa shape index (κ1) is 24.1. The molecule has 1 N–H and O–H groups in total. The molecular weight excluding hydrogens is 440 g/mol. The summed E-state index contributed by atoms with van der Waals surface area (Å²) in [5.41, 5.74) is 4.46. The van der Waals surface area contributed by atoms with Gasteiger partial charge >= 0.3 is 0 Å². The van der Waals surface area contributed by atoms with Crippen LogP contribution in [-0.4, -0.2) is 72.4 Å². The highest BCUT2D eigenvalue weighted by atomic mass is 35.5. The molecule has 33 heavy (non-hydrogen) atoms. The lowest BCUT2D eigenvalue weighted by Gasteiger charge is -2.38. The summed E-state index contributed by atoms with van der Waals surface area (Å²) in [5.74, 6) is -0.0155. The summed E-state index contributed by atoms with van der Waals surface area (Å²) in [5, 5.41) is 4.44. The zero-order valence-electron chi connectivity index (χ0n) is 19.6. The standard InChI is InChI=1S/C25H33ClN4O3/c1-16-4-5-19(26)12-18(16)13-22-17(2)24(28-15-27-22)25(31)30-9-6-20(7-10-30)29-21-8-11-33-14-23(21)32-3/h4-5,12,15,20-21,23,29H,6-11,13-14H2,1-3H3. The summed E-state index contributed by atoms with van der Waals surface area (Å²) in [6.45, 7) is 6.82. The van der Waals surface area contributed by atoms with E-state index < -0.39 is 0 Å². The van der Waals surface area contributed by atoms with Gasteiger partial charge in [0.05, 0.1) is 18.4 Å². The predicted octanol–water partition coefficient (Wildman–Crippen LogP) is 3.34. The maximum absolute atomic E-state index is 13.3. The molecule has 1 amide bonds. The van der Waals surface area contributed by atoms with Crippen LogP contribution in [0.1, 0.15) is 52.1 Å². The number of ether oxygens (including phenoxy) is 2. The number of methoxy groups -OCH3 is 1. The Bertz CT molecular complexity index is 978. The summed E-state index contributed by atoms with van der Waals surface area (Å²) in [7, 11) is 1.74. The Kier molecular flexibility index (Phi) is 7.96. The highest BCUT2D eigenvalue weighted by molar-refractivity contribution is 6.30. The van der Waals surface area contributed by atoms with E-state index in [9.17, 15) is 4.79 Å². The van der Waals surface area contributed by atoms with Crippen molar-refractivity contribution in [1.29, 1.82) is 0 Å². The lowest BCUT2D eigenvalue weighted by atomic mass is 9.98. The molecule has 7 nitrogen and oxygen atoms in total. The first-order valence-corrected chi connectivity index (χ1v) is 12.1. The van der Waals surface area contributed by atoms with Crippen LogP contribution in [0.25, 0.3) is 0 Å². The van der Waals surface area contributed by atoms with E-state index in [0.29, 0.717) is 48.9 Å². The number of nitrogens with zero attached hydrogens (tertiary/aromatic N) is 3. The second-order valence-corrected chi connectivity index (χ2v) is 9.46. The van der Waals surface area contributed by atoms with Gasteiger partial charge < -0.3 is 19.7 Å². The molecule has 1 aromatic heterocycles. The summed E-state index contributed by atoms with van der Waals surface area (Å²) in [6, 6.07) is 6.54. The van der Waals surface area contributed by atoms with Crippen LogP contribution in [0.3, 0.4) is 0 Å². The molecule has 2 aromatic rings. The fraction of sp³-hybridized carbons (Fsp3) is 0.560. The van der Waals surface area contributed by atoms with E-state index in [1.807, 2.05) is 30.0 Å². The average Bonchev–Trinajstić information content (AvgIpc) is 2.83. The number of rotatable bonds is 6. The Morgan fingerprint density at radius 3 is 2.79 bits per heavy atom. The summed E-state index contributed by atoms with van der Waals surface area (Å²) >= 11 is 6.18. The van der Waals surface area contributed by atoms with Gasteiger partial charge in [-0.2, -0.15) is 0 Å².